The third-order valence-corrected chi connectivity index (χ3v) is 5.03. The third kappa shape index (κ3) is 4.62. The van der Waals surface area contributed by atoms with E-state index in [4.69, 9.17) is 15.9 Å². The first kappa shape index (κ1) is 22.6. The van der Waals surface area contributed by atoms with Gasteiger partial charge in [-0.05, 0) is 30.3 Å². The van der Waals surface area contributed by atoms with Crippen LogP contribution in [-0.4, -0.2) is 33.6 Å². The predicted octanol–water partition coefficient (Wildman–Crippen LogP) is 3.11. The van der Waals surface area contributed by atoms with Crippen LogP contribution in [0.4, 0.5) is 10.2 Å². The average Bonchev–Trinajstić information content (AvgIpc) is 3.19. The van der Waals surface area contributed by atoms with Gasteiger partial charge in [0.2, 0.25) is 5.60 Å². The van der Waals surface area contributed by atoms with Gasteiger partial charge < -0.3 is 14.8 Å². The smallest absolute Gasteiger partial charge is 0.351 e. The molecule has 0 spiro atoms. The minimum absolute atomic E-state index is 0.0116. The minimum atomic E-state index is -1.99. The van der Waals surface area contributed by atoms with Crippen LogP contribution in [0.1, 0.15) is 26.9 Å². The van der Waals surface area contributed by atoms with Gasteiger partial charge in [0.15, 0.2) is 6.23 Å². The van der Waals surface area contributed by atoms with Crippen LogP contribution >= 0.6 is 0 Å². The summed E-state index contributed by atoms with van der Waals surface area (Å²) in [7, 11) is 0. The highest BCUT2D eigenvalue weighted by Gasteiger charge is 2.45. The van der Waals surface area contributed by atoms with E-state index in [-0.39, 0.29) is 11.4 Å². The van der Waals surface area contributed by atoms with Crippen LogP contribution in [0.2, 0.25) is 0 Å². The van der Waals surface area contributed by atoms with Gasteiger partial charge in [0, 0.05) is 17.8 Å². The molecule has 2 atom stereocenters. The molecular formula is C25H18FN3O5. The zero-order chi connectivity index (χ0) is 24.1. The standard InChI is InChI=1S/C25H18FN3O5/c1-2-25(16-33-23(31)18-11-7-4-8-12-18)19(26)15-21(34-25)29-14-13-20(28-24(29)32)27-22(30)17-9-5-3-6-10-17/h1,3-15,21H,16H2,(H,27,28,30,32)/t21-,25-/m1/s1. The number of nitrogens with zero attached hydrogens (tertiary/aromatic N) is 2. The molecule has 4 rings (SSSR count). The van der Waals surface area contributed by atoms with E-state index in [1.54, 1.807) is 60.7 Å². The maximum atomic E-state index is 14.8. The number of rotatable bonds is 6. The molecule has 0 aliphatic carbocycles. The van der Waals surface area contributed by atoms with Crippen LogP contribution in [0.15, 0.2) is 89.6 Å². The molecule has 0 unspecified atom stereocenters. The lowest BCUT2D eigenvalue weighted by atomic mass is 10.1. The highest BCUT2D eigenvalue weighted by molar-refractivity contribution is 6.03. The Bertz CT molecular complexity index is 1350. The molecule has 0 saturated carbocycles. The molecule has 3 aromatic rings. The molecule has 34 heavy (non-hydrogen) atoms. The Morgan fingerprint density at radius 3 is 2.38 bits per heavy atom. The Morgan fingerprint density at radius 2 is 1.76 bits per heavy atom. The van der Waals surface area contributed by atoms with Crippen molar-refractivity contribution in [3.8, 4) is 12.3 Å². The van der Waals surface area contributed by atoms with Crippen LogP contribution in [0, 0.1) is 12.3 Å². The first-order valence-electron chi connectivity index (χ1n) is 10.1. The predicted molar refractivity (Wildman–Crippen MR) is 120 cm³/mol. The Balaban J connectivity index is 1.46. The number of carbonyl (C=O) groups excluding carboxylic acids is 2. The summed E-state index contributed by atoms with van der Waals surface area (Å²) in [5.41, 5.74) is -2.15. The molecular weight excluding hydrogens is 441 g/mol. The van der Waals surface area contributed by atoms with Gasteiger partial charge in [0.05, 0.1) is 5.56 Å². The van der Waals surface area contributed by atoms with E-state index >= 15 is 0 Å². The molecule has 1 aliphatic heterocycles. The molecule has 2 heterocycles. The Labute approximate surface area is 193 Å². The van der Waals surface area contributed by atoms with E-state index in [1.165, 1.54) is 12.3 Å². The second-order valence-electron chi connectivity index (χ2n) is 7.26. The number of carbonyl (C=O) groups is 2. The summed E-state index contributed by atoms with van der Waals surface area (Å²) in [5.74, 6) is 0.159. The van der Waals surface area contributed by atoms with E-state index in [1.807, 2.05) is 0 Å². The highest BCUT2D eigenvalue weighted by Crippen LogP contribution is 2.36. The lowest BCUT2D eigenvalue weighted by molar-refractivity contribution is -0.0676. The van der Waals surface area contributed by atoms with Crippen LogP contribution in [0.3, 0.4) is 0 Å². The first-order valence-corrected chi connectivity index (χ1v) is 10.1. The Kier molecular flexibility index (Phi) is 6.34. The van der Waals surface area contributed by atoms with E-state index in [0.29, 0.717) is 5.56 Å². The number of nitrogens with one attached hydrogen (secondary N) is 1. The normalized spacial score (nSPS) is 19.1. The topological polar surface area (TPSA) is 99.5 Å². The Hall–Kier alpha value is -4.55. The van der Waals surface area contributed by atoms with Crippen LogP contribution in [0.5, 0.6) is 0 Å². The number of amides is 1. The van der Waals surface area contributed by atoms with Crippen molar-refractivity contribution in [2.24, 2.45) is 0 Å². The summed E-state index contributed by atoms with van der Waals surface area (Å²) >= 11 is 0. The molecule has 0 fully saturated rings. The summed E-state index contributed by atoms with van der Waals surface area (Å²) in [6, 6.07) is 17.9. The molecule has 1 aliphatic rings. The number of halogens is 1. The maximum Gasteiger partial charge on any atom is 0.351 e. The van der Waals surface area contributed by atoms with Crippen molar-refractivity contribution in [2.45, 2.75) is 11.8 Å². The van der Waals surface area contributed by atoms with Gasteiger partial charge >= 0.3 is 11.7 Å². The molecule has 0 bridgehead atoms. The van der Waals surface area contributed by atoms with E-state index in [0.717, 1.165) is 10.6 Å². The number of hydrogen-bond acceptors (Lipinski definition) is 6. The second kappa shape index (κ2) is 9.52. The summed E-state index contributed by atoms with van der Waals surface area (Å²) in [6.45, 7) is -0.594. The zero-order valence-electron chi connectivity index (χ0n) is 17.7. The van der Waals surface area contributed by atoms with Gasteiger partial charge in [-0.25, -0.2) is 14.0 Å². The first-order chi connectivity index (χ1) is 16.4. The highest BCUT2D eigenvalue weighted by atomic mass is 19.1. The number of esters is 1. The molecule has 2 aromatic carbocycles. The lowest BCUT2D eigenvalue weighted by Gasteiger charge is -2.24. The lowest BCUT2D eigenvalue weighted by Crippen LogP contribution is -2.37. The molecule has 1 amide bonds. The SMILES string of the molecule is C#C[C@]1(COC(=O)c2ccccc2)O[C@@H](n2ccc(NC(=O)c3ccccc3)nc2=O)C=C1F. The molecule has 9 heteroatoms. The number of anilines is 1. The monoisotopic (exact) mass is 459 g/mol. The van der Waals surface area contributed by atoms with E-state index < -0.39 is 41.8 Å². The molecule has 1 N–H and O–H groups in total. The molecule has 170 valence electrons. The van der Waals surface area contributed by atoms with Crippen molar-refractivity contribution < 1.29 is 23.5 Å². The summed E-state index contributed by atoms with van der Waals surface area (Å²) in [6.07, 6.45) is 6.55. The van der Waals surface area contributed by atoms with E-state index in [2.05, 4.69) is 16.2 Å². The fourth-order valence-corrected chi connectivity index (χ4v) is 3.22. The van der Waals surface area contributed by atoms with Gasteiger partial charge in [-0.2, -0.15) is 4.98 Å². The van der Waals surface area contributed by atoms with Gasteiger partial charge in [0.25, 0.3) is 5.91 Å². The van der Waals surface area contributed by atoms with Gasteiger partial charge in [-0.3, -0.25) is 9.36 Å². The number of benzene rings is 2. The fourth-order valence-electron chi connectivity index (χ4n) is 3.22. The van der Waals surface area contributed by atoms with Gasteiger partial charge in [-0.15, -0.1) is 6.42 Å². The molecule has 0 radical (unpaired) electrons. The Morgan fingerprint density at radius 1 is 1.12 bits per heavy atom. The number of hydrogen-bond donors (Lipinski definition) is 1. The number of aromatic nitrogens is 2. The van der Waals surface area contributed by atoms with Crippen molar-refractivity contribution in [1.82, 2.24) is 9.55 Å². The summed E-state index contributed by atoms with van der Waals surface area (Å²) in [4.78, 5) is 40.8. The minimum Gasteiger partial charge on any atom is -0.457 e. The largest absolute Gasteiger partial charge is 0.457 e. The summed E-state index contributed by atoms with van der Waals surface area (Å²) in [5, 5.41) is 2.52. The zero-order valence-corrected chi connectivity index (χ0v) is 17.7. The molecule has 8 nitrogen and oxygen atoms in total. The van der Waals surface area contributed by atoms with Crippen LogP contribution in [0.25, 0.3) is 0 Å². The van der Waals surface area contributed by atoms with Crippen LogP contribution in [-0.2, 0) is 9.47 Å². The van der Waals surface area contributed by atoms with E-state index in [9.17, 15) is 18.8 Å². The van der Waals surface area contributed by atoms with Crippen LogP contribution < -0.4 is 11.0 Å². The maximum absolute atomic E-state index is 14.8. The molecule has 1 aromatic heterocycles. The average molecular weight is 459 g/mol. The number of ether oxygens (including phenoxy) is 2. The van der Waals surface area contributed by atoms with Gasteiger partial charge in [0.1, 0.15) is 18.3 Å². The number of terminal acetylenes is 1. The quantitative estimate of drug-likeness (QED) is 0.449. The second-order valence-corrected chi connectivity index (χ2v) is 7.26. The van der Waals surface area contributed by atoms with Crippen molar-refractivity contribution in [3.05, 3.63) is 106 Å². The summed E-state index contributed by atoms with van der Waals surface area (Å²) < 4.78 is 26.6. The third-order valence-electron chi connectivity index (χ3n) is 5.03. The fraction of sp³-hybridized carbons (Fsp3) is 0.120. The van der Waals surface area contributed by atoms with Crippen molar-refractivity contribution in [3.63, 3.8) is 0 Å². The molecule has 0 saturated heterocycles. The van der Waals surface area contributed by atoms with Crippen molar-refractivity contribution in [2.75, 3.05) is 11.9 Å². The van der Waals surface area contributed by atoms with Crippen molar-refractivity contribution in [1.29, 1.82) is 0 Å². The van der Waals surface area contributed by atoms with Crippen molar-refractivity contribution >= 4 is 17.7 Å². The van der Waals surface area contributed by atoms with Gasteiger partial charge in [-0.1, -0.05) is 42.3 Å².